The highest BCUT2D eigenvalue weighted by Crippen LogP contribution is 2.42. The summed E-state index contributed by atoms with van der Waals surface area (Å²) in [4.78, 5) is 31.1. The Kier molecular flexibility index (Phi) is 5.63. The number of nitrogen functional groups attached to an aromatic ring is 1. The van der Waals surface area contributed by atoms with Crippen molar-refractivity contribution in [2.45, 2.75) is 39.7 Å². The molecule has 0 spiro atoms. The van der Waals surface area contributed by atoms with Crippen LogP contribution in [0.5, 0.6) is 0 Å². The zero-order chi connectivity index (χ0) is 27.8. The fraction of sp³-hybridized carbons (Fsp3) is 0.188. The lowest BCUT2D eigenvalue weighted by molar-refractivity contribution is 0.0990. The zero-order valence-electron chi connectivity index (χ0n) is 22.3. The summed E-state index contributed by atoms with van der Waals surface area (Å²) in [6.45, 7) is 9.10. The molecule has 1 aliphatic rings. The molecule has 2 heterocycles. The van der Waals surface area contributed by atoms with Gasteiger partial charge in [0.05, 0.1) is 17.6 Å². The van der Waals surface area contributed by atoms with Crippen molar-refractivity contribution in [3.05, 3.63) is 93.0 Å². The lowest BCUT2D eigenvalue weighted by Crippen LogP contribution is -2.24. The number of carbonyl (C=O) groups excluding carboxylic acids is 2. The molecule has 0 atom stereocenters. The minimum atomic E-state index is -0.509. The van der Waals surface area contributed by atoms with E-state index < -0.39 is 5.91 Å². The molecule has 6 rings (SSSR count). The molecule has 0 saturated heterocycles. The molecule has 5 N–H and O–H groups in total. The molecule has 6 nitrogen and oxygen atoms in total. The minimum Gasteiger partial charge on any atom is -0.398 e. The monoisotopic (exact) mass is 580 g/mol. The van der Waals surface area contributed by atoms with Crippen molar-refractivity contribution in [3.8, 4) is 11.1 Å². The number of nitrogens with two attached hydrogens (primary N) is 2. The van der Waals surface area contributed by atoms with Crippen molar-refractivity contribution >= 4 is 60.9 Å². The van der Waals surface area contributed by atoms with Crippen molar-refractivity contribution in [1.29, 1.82) is 0 Å². The first-order chi connectivity index (χ1) is 18.5. The van der Waals surface area contributed by atoms with Gasteiger partial charge in [0.1, 0.15) is 0 Å². The van der Waals surface area contributed by atoms with Gasteiger partial charge in [-0.15, -0.1) is 0 Å². The highest BCUT2D eigenvalue weighted by Gasteiger charge is 2.31. The van der Waals surface area contributed by atoms with Crippen molar-refractivity contribution in [1.82, 2.24) is 4.98 Å². The fourth-order valence-electron chi connectivity index (χ4n) is 5.67. The van der Waals surface area contributed by atoms with Crippen LogP contribution in [0.1, 0.15) is 58.2 Å². The van der Waals surface area contributed by atoms with Gasteiger partial charge in [-0.2, -0.15) is 0 Å². The number of benzene rings is 4. The molecular weight excluding hydrogens is 552 g/mol. The lowest BCUT2D eigenvalue weighted by Gasteiger charge is -2.21. The second-order valence-corrected chi connectivity index (χ2v) is 12.1. The number of fused-ring (bicyclic) bond motifs is 4. The predicted octanol–water partition coefficient (Wildman–Crippen LogP) is 7.20. The molecule has 196 valence electrons. The second kappa shape index (κ2) is 8.71. The van der Waals surface area contributed by atoms with E-state index in [-0.39, 0.29) is 11.3 Å². The van der Waals surface area contributed by atoms with Gasteiger partial charge in [0.2, 0.25) is 0 Å². The Morgan fingerprint density at radius 1 is 1.00 bits per heavy atom. The third-order valence-electron chi connectivity index (χ3n) is 7.80. The van der Waals surface area contributed by atoms with Gasteiger partial charge in [0, 0.05) is 37.7 Å². The summed E-state index contributed by atoms with van der Waals surface area (Å²) in [7, 11) is 0. The van der Waals surface area contributed by atoms with Crippen LogP contribution < -0.4 is 16.4 Å². The van der Waals surface area contributed by atoms with Crippen LogP contribution >= 0.6 is 15.9 Å². The molecular formula is C32H29BrN4O2. The van der Waals surface area contributed by atoms with Crippen molar-refractivity contribution in [2.75, 3.05) is 10.6 Å². The van der Waals surface area contributed by atoms with E-state index >= 15 is 0 Å². The van der Waals surface area contributed by atoms with E-state index in [1.54, 1.807) is 6.07 Å². The Balaban J connectivity index is 1.53. The molecule has 0 fully saturated rings. The largest absolute Gasteiger partial charge is 0.398 e. The first-order valence-corrected chi connectivity index (χ1v) is 13.6. The number of aromatic nitrogens is 1. The number of hydrogen-bond acceptors (Lipinski definition) is 3. The first kappa shape index (κ1) is 25.2. The maximum atomic E-state index is 13.5. The average molecular weight is 582 g/mol. The zero-order valence-corrected chi connectivity index (χ0v) is 23.9. The van der Waals surface area contributed by atoms with Crippen LogP contribution in [-0.2, 0) is 12.0 Å². The number of aromatic amines is 1. The molecule has 2 amide bonds. The maximum Gasteiger partial charge on any atom is 0.258 e. The van der Waals surface area contributed by atoms with Gasteiger partial charge in [0.15, 0.2) is 0 Å². The minimum absolute atomic E-state index is 0.00275. The van der Waals surface area contributed by atoms with Gasteiger partial charge < -0.3 is 21.4 Å². The fourth-order valence-corrected chi connectivity index (χ4v) is 6.01. The maximum absolute atomic E-state index is 13.5. The average Bonchev–Trinajstić information content (AvgIpc) is 3.40. The van der Waals surface area contributed by atoms with E-state index in [4.69, 9.17) is 11.5 Å². The van der Waals surface area contributed by atoms with Crippen LogP contribution in [0.25, 0.3) is 32.9 Å². The Bertz CT molecular complexity index is 1860. The summed E-state index contributed by atoms with van der Waals surface area (Å²) in [6, 6.07) is 19.7. The smallest absolute Gasteiger partial charge is 0.258 e. The van der Waals surface area contributed by atoms with E-state index in [0.717, 1.165) is 54.3 Å². The van der Waals surface area contributed by atoms with Crippen LogP contribution in [0.2, 0.25) is 0 Å². The number of anilines is 2. The van der Waals surface area contributed by atoms with Crippen LogP contribution in [0, 0.1) is 6.92 Å². The molecule has 0 aliphatic carbocycles. The molecule has 39 heavy (non-hydrogen) atoms. The molecule has 4 aromatic carbocycles. The summed E-state index contributed by atoms with van der Waals surface area (Å²) in [5.41, 5.74) is 21.1. The summed E-state index contributed by atoms with van der Waals surface area (Å²) in [6.07, 6.45) is 0. The Labute approximate surface area is 235 Å². The third-order valence-corrected chi connectivity index (χ3v) is 8.48. The highest BCUT2D eigenvalue weighted by atomic mass is 79.9. The number of amides is 2. The van der Waals surface area contributed by atoms with E-state index in [9.17, 15) is 9.59 Å². The first-order valence-electron chi connectivity index (χ1n) is 12.8. The number of carbonyl (C=O) groups is 2. The number of halogens is 1. The van der Waals surface area contributed by atoms with E-state index in [2.05, 4.69) is 53.8 Å². The van der Waals surface area contributed by atoms with Gasteiger partial charge >= 0.3 is 0 Å². The predicted molar refractivity (Wildman–Crippen MR) is 162 cm³/mol. The third kappa shape index (κ3) is 3.91. The number of rotatable bonds is 3. The number of hydrogen-bond donors (Lipinski definition) is 3. The SMILES string of the molecule is Cc1c(-c2ccc(C(N)=O)c3[nH]c4cc(N)c(Br)cc4c23)cccc1N1Cc2cc(C(C)(C)C)ccc2C1=O. The van der Waals surface area contributed by atoms with Gasteiger partial charge in [-0.1, -0.05) is 51.1 Å². The molecule has 1 aromatic heterocycles. The summed E-state index contributed by atoms with van der Waals surface area (Å²) in [5, 5.41) is 1.81. The van der Waals surface area contributed by atoms with Gasteiger partial charge in [-0.25, -0.2) is 0 Å². The molecule has 0 unspecified atom stereocenters. The van der Waals surface area contributed by atoms with Crippen molar-refractivity contribution in [2.24, 2.45) is 5.73 Å². The molecule has 7 heteroatoms. The second-order valence-electron chi connectivity index (χ2n) is 11.3. The van der Waals surface area contributed by atoms with Crippen molar-refractivity contribution < 1.29 is 9.59 Å². The number of H-pyrrole nitrogens is 1. The van der Waals surface area contributed by atoms with Crippen LogP contribution in [-0.4, -0.2) is 16.8 Å². The summed E-state index contributed by atoms with van der Waals surface area (Å²) < 4.78 is 0.770. The number of primary amides is 1. The van der Waals surface area contributed by atoms with E-state index in [0.29, 0.717) is 23.3 Å². The van der Waals surface area contributed by atoms with Gasteiger partial charge in [-0.05, 0) is 86.4 Å². The Morgan fingerprint density at radius 3 is 2.46 bits per heavy atom. The normalized spacial score (nSPS) is 13.5. The number of nitrogens with zero attached hydrogens (tertiary/aromatic N) is 1. The standard InChI is InChI=1S/C32H29BrN4O2/c1-16-19(6-5-7-27(16)37-15-17-12-18(32(2,3)4)8-9-20(17)31(37)39)21-10-11-22(30(35)38)29-28(21)23-13-24(33)25(34)14-26(23)36-29/h5-14,36H,15,34H2,1-4H3,(H2,35,38). The summed E-state index contributed by atoms with van der Waals surface area (Å²) >= 11 is 3.55. The van der Waals surface area contributed by atoms with E-state index in [1.807, 2.05) is 54.3 Å². The number of nitrogens with one attached hydrogen (secondary N) is 1. The van der Waals surface area contributed by atoms with E-state index in [1.165, 1.54) is 5.56 Å². The van der Waals surface area contributed by atoms with Crippen LogP contribution in [0.4, 0.5) is 11.4 Å². The Hall–Kier alpha value is -4.10. The molecule has 0 radical (unpaired) electrons. The lowest BCUT2D eigenvalue weighted by atomic mass is 9.85. The van der Waals surface area contributed by atoms with Gasteiger partial charge in [0.25, 0.3) is 11.8 Å². The summed E-state index contributed by atoms with van der Waals surface area (Å²) in [5.74, 6) is -0.503. The topological polar surface area (TPSA) is 105 Å². The van der Waals surface area contributed by atoms with Crippen molar-refractivity contribution in [3.63, 3.8) is 0 Å². The Morgan fingerprint density at radius 2 is 1.74 bits per heavy atom. The quantitative estimate of drug-likeness (QED) is 0.196. The van der Waals surface area contributed by atoms with Gasteiger partial charge in [-0.3, -0.25) is 9.59 Å². The molecule has 5 aromatic rings. The van der Waals surface area contributed by atoms with Crippen LogP contribution in [0.3, 0.4) is 0 Å². The van der Waals surface area contributed by atoms with Crippen LogP contribution in [0.15, 0.2) is 65.1 Å². The molecule has 0 bridgehead atoms. The molecule has 0 saturated carbocycles. The highest BCUT2D eigenvalue weighted by molar-refractivity contribution is 9.10. The molecule has 1 aliphatic heterocycles.